The van der Waals surface area contributed by atoms with Crippen LogP contribution >= 0.6 is 11.6 Å². The van der Waals surface area contributed by atoms with Gasteiger partial charge in [-0.1, -0.05) is 54.1 Å². The minimum atomic E-state index is -0.610. The van der Waals surface area contributed by atoms with Gasteiger partial charge in [-0.2, -0.15) is 0 Å². The summed E-state index contributed by atoms with van der Waals surface area (Å²) in [4.78, 5) is 52.5. The number of halogens is 1. The number of fused-ring (bicyclic) bond motifs is 1. The second kappa shape index (κ2) is 7.80. The molecule has 5 rings (SSSR count). The smallest absolute Gasteiger partial charge is 0.274 e. The molecule has 2 aromatic carbocycles. The van der Waals surface area contributed by atoms with E-state index in [0.717, 1.165) is 10.1 Å². The molecule has 162 valence electrons. The van der Waals surface area contributed by atoms with Crippen molar-refractivity contribution in [2.24, 2.45) is 11.8 Å². The van der Waals surface area contributed by atoms with Crippen LogP contribution in [0.3, 0.4) is 0 Å². The Bertz CT molecular complexity index is 1340. The summed E-state index contributed by atoms with van der Waals surface area (Å²) in [5, 5.41) is 3.10. The second-order valence-electron chi connectivity index (χ2n) is 7.95. The van der Waals surface area contributed by atoms with Gasteiger partial charge in [0.05, 0.1) is 30.1 Å². The van der Waals surface area contributed by atoms with Gasteiger partial charge in [0.2, 0.25) is 11.8 Å². The normalized spacial score (nSPS) is 22.4. The lowest BCUT2D eigenvalue weighted by molar-refractivity contribution is -0.122. The molecule has 2 amide bonds. The maximum Gasteiger partial charge on any atom is 0.347 e. The Hall–Kier alpha value is -3.65. The lowest BCUT2D eigenvalue weighted by Crippen LogP contribution is -2.33. The van der Waals surface area contributed by atoms with Gasteiger partial charge in [-0.25, -0.2) is 28.8 Å². The quantitative estimate of drug-likeness (QED) is 0.487. The van der Waals surface area contributed by atoms with Crippen molar-refractivity contribution in [3.05, 3.63) is 98.3 Å². The van der Waals surface area contributed by atoms with Crippen molar-refractivity contribution in [3.63, 3.8) is 0 Å². The first-order chi connectivity index (χ1) is 15.4. The van der Waals surface area contributed by atoms with Crippen LogP contribution in [0.2, 0.25) is 5.02 Å². The highest BCUT2D eigenvalue weighted by Crippen LogP contribution is 2.40. The molecule has 8 nitrogen and oxygen atoms in total. The molecule has 1 aliphatic carbocycles. The van der Waals surface area contributed by atoms with Crippen LogP contribution in [-0.4, -0.2) is 26.2 Å². The van der Waals surface area contributed by atoms with Gasteiger partial charge in [0.15, 0.2) is 0 Å². The molecule has 2 aliphatic rings. The van der Waals surface area contributed by atoms with Crippen LogP contribution in [0.1, 0.15) is 18.0 Å². The van der Waals surface area contributed by atoms with Gasteiger partial charge in [0, 0.05) is 5.02 Å². The lowest BCUT2D eigenvalue weighted by Gasteiger charge is -2.23. The average molecular weight is 451 g/mol. The Labute approximate surface area is 187 Å². The number of allylic oxidation sites excluding steroid dienone is 1. The zero-order valence-corrected chi connectivity index (χ0v) is 17.6. The van der Waals surface area contributed by atoms with E-state index in [9.17, 15) is 19.2 Å². The fraction of sp³-hybridized carbons (Fsp3) is 0.217. The molecule has 1 aliphatic heterocycles. The number of carbonyl (C=O) groups excluding carboxylic acids is 2. The molecular weight excluding hydrogens is 432 g/mol. The number of nitrogens with one attached hydrogen (secondary N) is 1. The predicted octanol–water partition coefficient (Wildman–Crippen LogP) is 2.35. The highest BCUT2D eigenvalue weighted by atomic mass is 35.5. The van der Waals surface area contributed by atoms with E-state index < -0.39 is 29.3 Å². The number of hydrogen-bond donors (Lipinski definition) is 1. The number of benzene rings is 2. The first-order valence-corrected chi connectivity index (χ1v) is 10.6. The summed E-state index contributed by atoms with van der Waals surface area (Å²) in [6.07, 6.45) is 3.61. The minimum absolute atomic E-state index is 0.145. The zero-order valence-electron chi connectivity index (χ0n) is 16.8. The van der Waals surface area contributed by atoms with Crippen molar-refractivity contribution in [2.45, 2.75) is 19.0 Å². The van der Waals surface area contributed by atoms with Gasteiger partial charge in [0.1, 0.15) is 0 Å². The van der Waals surface area contributed by atoms with Crippen LogP contribution in [0, 0.1) is 11.8 Å². The standard InChI is InChI=1S/C23H19ClN4O4/c24-15-6-8-16(9-7-15)27-20(29)18-11-10-17(12-19(18)21(27)30)28-23(32)26(22(31)25-28)13-14-4-2-1-3-5-14/h1-11,17-19H,12-13H2,(H,25,31)/t17-,18+,19-/m0/s1. The number of aromatic nitrogens is 3. The third kappa shape index (κ3) is 3.33. The largest absolute Gasteiger partial charge is 0.347 e. The summed E-state index contributed by atoms with van der Waals surface area (Å²) in [6, 6.07) is 15.2. The Morgan fingerprint density at radius 1 is 0.906 bits per heavy atom. The van der Waals surface area contributed by atoms with Crippen LogP contribution < -0.4 is 16.3 Å². The van der Waals surface area contributed by atoms with Gasteiger partial charge >= 0.3 is 11.4 Å². The summed E-state index contributed by atoms with van der Waals surface area (Å²) >= 11 is 5.92. The average Bonchev–Trinajstić information content (AvgIpc) is 3.22. The summed E-state index contributed by atoms with van der Waals surface area (Å²) in [6.45, 7) is 0.145. The molecule has 0 radical (unpaired) electrons. The molecule has 3 atom stereocenters. The molecular formula is C23H19ClN4O4. The SMILES string of the molecule is O=C1[C@H]2C[C@@H](n3[nH]c(=O)n(Cc4ccccc4)c3=O)C=C[C@H]2C(=O)N1c1ccc(Cl)cc1. The van der Waals surface area contributed by atoms with Crippen molar-refractivity contribution in [1.82, 2.24) is 14.3 Å². The van der Waals surface area contributed by atoms with Crippen LogP contribution in [0.25, 0.3) is 0 Å². The minimum Gasteiger partial charge on any atom is -0.274 e. The molecule has 1 N–H and O–H groups in total. The maximum atomic E-state index is 13.1. The molecule has 0 saturated carbocycles. The molecule has 9 heteroatoms. The van der Waals surface area contributed by atoms with Crippen molar-refractivity contribution in [2.75, 3.05) is 4.90 Å². The van der Waals surface area contributed by atoms with Gasteiger partial charge < -0.3 is 0 Å². The van der Waals surface area contributed by atoms with Crippen LogP contribution in [0.5, 0.6) is 0 Å². The van der Waals surface area contributed by atoms with E-state index in [1.165, 1.54) is 9.58 Å². The molecule has 1 aromatic heterocycles. The summed E-state index contributed by atoms with van der Waals surface area (Å²) in [5.74, 6) is -1.83. The highest BCUT2D eigenvalue weighted by molar-refractivity contribution is 6.30. The van der Waals surface area contributed by atoms with E-state index >= 15 is 0 Å². The number of H-pyrrole nitrogens is 1. The van der Waals surface area contributed by atoms with Crippen LogP contribution in [0.15, 0.2) is 76.3 Å². The third-order valence-corrected chi connectivity index (χ3v) is 6.26. The van der Waals surface area contributed by atoms with Gasteiger partial charge in [-0.05, 0) is 36.2 Å². The Morgan fingerprint density at radius 2 is 1.62 bits per heavy atom. The van der Waals surface area contributed by atoms with Crippen molar-refractivity contribution >= 4 is 29.1 Å². The van der Waals surface area contributed by atoms with Gasteiger partial charge in [-0.3, -0.25) is 9.59 Å². The van der Waals surface area contributed by atoms with Gasteiger partial charge in [-0.15, -0.1) is 0 Å². The number of aromatic amines is 1. The van der Waals surface area contributed by atoms with E-state index in [0.29, 0.717) is 10.7 Å². The molecule has 1 saturated heterocycles. The van der Waals surface area contributed by atoms with Crippen molar-refractivity contribution in [3.8, 4) is 0 Å². The number of amides is 2. The second-order valence-corrected chi connectivity index (χ2v) is 8.39. The lowest BCUT2D eigenvalue weighted by atomic mass is 9.84. The van der Waals surface area contributed by atoms with Crippen LogP contribution in [-0.2, 0) is 16.1 Å². The number of rotatable bonds is 4. The number of hydrogen-bond acceptors (Lipinski definition) is 4. The number of nitrogens with zero attached hydrogens (tertiary/aromatic N) is 3. The molecule has 32 heavy (non-hydrogen) atoms. The zero-order chi connectivity index (χ0) is 22.4. The molecule has 0 unspecified atom stereocenters. The van der Waals surface area contributed by atoms with Crippen LogP contribution in [0.4, 0.5) is 5.69 Å². The topological polar surface area (TPSA) is 97.2 Å². The summed E-state index contributed by atoms with van der Waals surface area (Å²) < 4.78 is 2.36. The van der Waals surface area contributed by atoms with Crippen molar-refractivity contribution in [1.29, 1.82) is 0 Å². The fourth-order valence-corrected chi connectivity index (χ4v) is 4.52. The molecule has 2 heterocycles. The molecule has 1 fully saturated rings. The summed E-state index contributed by atoms with van der Waals surface area (Å²) in [7, 11) is 0. The van der Waals surface area contributed by atoms with Crippen molar-refractivity contribution < 1.29 is 9.59 Å². The molecule has 0 bridgehead atoms. The van der Waals surface area contributed by atoms with E-state index in [2.05, 4.69) is 5.10 Å². The Morgan fingerprint density at radius 3 is 2.34 bits per heavy atom. The number of imide groups is 1. The maximum absolute atomic E-state index is 13.1. The molecule has 0 spiro atoms. The molecule has 3 aromatic rings. The third-order valence-electron chi connectivity index (χ3n) is 6.01. The van der Waals surface area contributed by atoms with E-state index in [4.69, 9.17) is 11.6 Å². The van der Waals surface area contributed by atoms with E-state index in [1.807, 2.05) is 30.3 Å². The monoisotopic (exact) mass is 450 g/mol. The first kappa shape index (κ1) is 20.3. The van der Waals surface area contributed by atoms with Gasteiger partial charge in [0.25, 0.3) is 0 Å². The summed E-state index contributed by atoms with van der Waals surface area (Å²) in [5.41, 5.74) is 0.278. The van der Waals surface area contributed by atoms with E-state index in [-0.39, 0.29) is 24.8 Å². The highest BCUT2D eigenvalue weighted by Gasteiger charge is 2.49. The Balaban J connectivity index is 1.42. The van der Waals surface area contributed by atoms with E-state index in [1.54, 1.807) is 36.4 Å². The number of anilines is 1. The first-order valence-electron chi connectivity index (χ1n) is 10.2. The Kier molecular flexibility index (Phi) is 4.94. The number of carbonyl (C=O) groups is 2. The predicted molar refractivity (Wildman–Crippen MR) is 119 cm³/mol. The fourth-order valence-electron chi connectivity index (χ4n) is 4.39.